The summed E-state index contributed by atoms with van der Waals surface area (Å²) >= 11 is 1.71. The van der Waals surface area contributed by atoms with Gasteiger partial charge in [0.05, 0.1) is 4.88 Å². The molecule has 1 atom stereocenters. The summed E-state index contributed by atoms with van der Waals surface area (Å²) in [6, 6.07) is 10.7. The topological polar surface area (TPSA) is 17.1 Å². The van der Waals surface area contributed by atoms with Crippen LogP contribution in [0, 0.1) is 0 Å². The van der Waals surface area contributed by atoms with Gasteiger partial charge >= 0.3 is 0 Å². The Labute approximate surface area is 123 Å². The summed E-state index contributed by atoms with van der Waals surface area (Å²) in [6.07, 6.45) is 8.42. The van der Waals surface area contributed by atoms with Gasteiger partial charge in [0.2, 0.25) is 0 Å². The summed E-state index contributed by atoms with van der Waals surface area (Å²) < 4.78 is 0. The Bertz CT molecular complexity index is 694. The molecule has 1 aromatic carbocycles. The number of allylic oxidation sites excluding steroid dienone is 1. The van der Waals surface area contributed by atoms with Crippen LogP contribution in [0.1, 0.15) is 50.0 Å². The molecule has 0 saturated heterocycles. The molecule has 2 aliphatic carbocycles. The maximum atomic E-state index is 12.0. The number of carbonyl (C=O) groups excluding carboxylic acids is 1. The molecule has 4 rings (SSSR count). The second kappa shape index (κ2) is 4.71. The molecule has 1 nitrogen and oxygen atoms in total. The molecule has 20 heavy (non-hydrogen) atoms. The molecule has 0 N–H and O–H groups in total. The van der Waals surface area contributed by atoms with Gasteiger partial charge in [0, 0.05) is 17.2 Å². The Morgan fingerprint density at radius 1 is 1.05 bits per heavy atom. The minimum Gasteiger partial charge on any atom is -0.293 e. The lowest BCUT2D eigenvalue weighted by Crippen LogP contribution is -2.11. The van der Waals surface area contributed by atoms with Crippen LogP contribution in [0.4, 0.5) is 0 Å². The van der Waals surface area contributed by atoms with E-state index in [0.717, 1.165) is 30.6 Å². The zero-order valence-corrected chi connectivity index (χ0v) is 12.1. The lowest BCUT2D eigenvalue weighted by molar-refractivity contribution is 0.0976. The molecule has 0 bridgehead atoms. The summed E-state index contributed by atoms with van der Waals surface area (Å²) in [5.41, 5.74) is 4.16. The van der Waals surface area contributed by atoms with Crippen molar-refractivity contribution in [2.45, 2.75) is 31.6 Å². The van der Waals surface area contributed by atoms with Crippen molar-refractivity contribution in [2.24, 2.45) is 0 Å². The van der Waals surface area contributed by atoms with E-state index in [1.807, 2.05) is 0 Å². The van der Waals surface area contributed by atoms with Gasteiger partial charge in [-0.05, 0) is 42.0 Å². The van der Waals surface area contributed by atoms with Crippen molar-refractivity contribution < 1.29 is 4.79 Å². The Morgan fingerprint density at radius 3 is 2.75 bits per heavy atom. The lowest BCUT2D eigenvalue weighted by Gasteiger charge is -2.19. The van der Waals surface area contributed by atoms with Gasteiger partial charge in [-0.15, -0.1) is 11.3 Å². The fraction of sp³-hybridized carbons (Fsp3) is 0.278. The predicted octanol–water partition coefficient (Wildman–Crippen LogP) is 4.62. The van der Waals surface area contributed by atoms with Crippen molar-refractivity contribution in [1.29, 1.82) is 0 Å². The first-order valence-corrected chi connectivity index (χ1v) is 8.05. The highest BCUT2D eigenvalue weighted by molar-refractivity contribution is 7.15. The largest absolute Gasteiger partial charge is 0.293 e. The average Bonchev–Trinajstić information content (AvgIpc) is 2.88. The van der Waals surface area contributed by atoms with E-state index in [-0.39, 0.29) is 0 Å². The van der Waals surface area contributed by atoms with Crippen molar-refractivity contribution in [3.63, 3.8) is 0 Å². The van der Waals surface area contributed by atoms with Gasteiger partial charge in [-0.3, -0.25) is 4.79 Å². The predicted molar refractivity (Wildman–Crippen MR) is 83.5 cm³/mol. The van der Waals surface area contributed by atoms with Crippen LogP contribution in [0.25, 0.3) is 6.08 Å². The van der Waals surface area contributed by atoms with Crippen LogP contribution in [0.3, 0.4) is 0 Å². The molecular weight excluding hydrogens is 264 g/mol. The molecule has 1 aromatic heterocycles. The highest BCUT2D eigenvalue weighted by atomic mass is 32.1. The molecule has 0 fully saturated rings. The number of ketones is 1. The van der Waals surface area contributed by atoms with Gasteiger partial charge < -0.3 is 0 Å². The number of fused-ring (bicyclic) bond motifs is 3. The fourth-order valence-corrected chi connectivity index (χ4v) is 4.59. The molecule has 0 radical (unpaired) electrons. The van der Waals surface area contributed by atoms with Crippen LogP contribution in [0.5, 0.6) is 0 Å². The molecule has 0 saturated carbocycles. The quantitative estimate of drug-likeness (QED) is 0.745. The molecule has 1 heterocycles. The van der Waals surface area contributed by atoms with Crippen molar-refractivity contribution in [2.75, 3.05) is 0 Å². The van der Waals surface area contributed by atoms with Gasteiger partial charge in [-0.2, -0.15) is 0 Å². The molecular formula is C18H16OS. The smallest absolute Gasteiger partial charge is 0.173 e. The normalized spacial score (nSPS) is 20.6. The first-order valence-electron chi connectivity index (χ1n) is 7.24. The Hall–Kier alpha value is -1.67. The summed E-state index contributed by atoms with van der Waals surface area (Å²) in [7, 11) is 0. The van der Waals surface area contributed by atoms with Crippen molar-refractivity contribution in [1.82, 2.24) is 0 Å². The first-order chi connectivity index (χ1) is 9.83. The molecule has 0 aliphatic heterocycles. The van der Waals surface area contributed by atoms with Crippen LogP contribution in [-0.4, -0.2) is 5.78 Å². The van der Waals surface area contributed by atoms with Gasteiger partial charge in [0.1, 0.15) is 0 Å². The van der Waals surface area contributed by atoms with E-state index in [0.29, 0.717) is 11.7 Å². The van der Waals surface area contributed by atoms with E-state index in [4.69, 9.17) is 0 Å². The highest BCUT2D eigenvalue weighted by Crippen LogP contribution is 2.41. The number of hydrogen-bond donors (Lipinski definition) is 0. The molecule has 0 spiro atoms. The number of benzene rings is 1. The number of thiophene rings is 1. The third-order valence-corrected chi connectivity index (χ3v) is 5.64. The molecule has 2 heteroatoms. The third-order valence-electron chi connectivity index (χ3n) is 4.36. The molecule has 0 amide bonds. The van der Waals surface area contributed by atoms with Gasteiger partial charge in [0.15, 0.2) is 5.78 Å². The standard InChI is InChI=1S/C18H16OS/c19-16-8-4-7-14-15-11-13(12-5-2-1-3-6-12)9-10-17(15)20-18(14)16/h1-3,5-6,9-10,13H,4,7-8,11H2. The number of Topliss-reactive ketones (excluding diaryl/α,β-unsaturated/α-hetero) is 1. The van der Waals surface area contributed by atoms with E-state index in [2.05, 4.69) is 42.5 Å². The summed E-state index contributed by atoms with van der Waals surface area (Å²) in [4.78, 5) is 14.4. The highest BCUT2D eigenvalue weighted by Gasteiger charge is 2.28. The Morgan fingerprint density at radius 2 is 1.90 bits per heavy atom. The lowest BCUT2D eigenvalue weighted by atomic mass is 9.84. The zero-order valence-electron chi connectivity index (χ0n) is 11.3. The average molecular weight is 280 g/mol. The van der Waals surface area contributed by atoms with E-state index in [1.54, 1.807) is 11.3 Å². The SMILES string of the molecule is O=C1CCCc2c1sc1c2CC(c2ccccc2)C=C1. The number of carbonyl (C=O) groups is 1. The van der Waals surface area contributed by atoms with E-state index < -0.39 is 0 Å². The number of rotatable bonds is 1. The van der Waals surface area contributed by atoms with E-state index >= 15 is 0 Å². The number of hydrogen-bond acceptors (Lipinski definition) is 2. The van der Waals surface area contributed by atoms with Crippen LogP contribution >= 0.6 is 11.3 Å². The molecule has 100 valence electrons. The van der Waals surface area contributed by atoms with Crippen molar-refractivity contribution in [3.05, 3.63) is 62.9 Å². The molecule has 2 aliphatic rings. The maximum Gasteiger partial charge on any atom is 0.173 e. The third kappa shape index (κ3) is 1.87. The van der Waals surface area contributed by atoms with Crippen molar-refractivity contribution >= 4 is 23.2 Å². The van der Waals surface area contributed by atoms with Crippen LogP contribution < -0.4 is 0 Å². The first kappa shape index (κ1) is 12.1. The van der Waals surface area contributed by atoms with Gasteiger partial charge in [-0.25, -0.2) is 0 Å². The minimum atomic E-state index is 0.357. The zero-order chi connectivity index (χ0) is 13.5. The second-order valence-electron chi connectivity index (χ2n) is 5.61. The minimum absolute atomic E-state index is 0.357. The van der Waals surface area contributed by atoms with Gasteiger partial charge in [0.25, 0.3) is 0 Å². The molecule has 2 aromatic rings. The van der Waals surface area contributed by atoms with E-state index in [1.165, 1.54) is 21.6 Å². The Balaban J connectivity index is 1.74. The second-order valence-corrected chi connectivity index (χ2v) is 6.66. The van der Waals surface area contributed by atoms with Crippen LogP contribution in [-0.2, 0) is 12.8 Å². The summed E-state index contributed by atoms with van der Waals surface area (Å²) in [5, 5.41) is 0. The molecule has 1 unspecified atom stereocenters. The van der Waals surface area contributed by atoms with Crippen LogP contribution in [0.2, 0.25) is 0 Å². The van der Waals surface area contributed by atoms with E-state index in [9.17, 15) is 4.79 Å². The fourth-order valence-electron chi connectivity index (χ4n) is 3.33. The maximum absolute atomic E-state index is 12.0. The summed E-state index contributed by atoms with van der Waals surface area (Å²) in [5.74, 6) is 0.815. The van der Waals surface area contributed by atoms with Gasteiger partial charge in [-0.1, -0.05) is 36.4 Å². The Kier molecular flexibility index (Phi) is 2.85. The monoisotopic (exact) mass is 280 g/mol. The van der Waals surface area contributed by atoms with Crippen molar-refractivity contribution in [3.8, 4) is 0 Å². The summed E-state index contributed by atoms with van der Waals surface area (Å²) in [6.45, 7) is 0. The van der Waals surface area contributed by atoms with Crippen LogP contribution in [0.15, 0.2) is 36.4 Å².